The summed E-state index contributed by atoms with van der Waals surface area (Å²) >= 11 is 0. The molecule has 0 radical (unpaired) electrons. The number of nitrogens with one attached hydrogen (secondary N) is 1. The predicted molar refractivity (Wildman–Crippen MR) is 66.8 cm³/mol. The first-order chi connectivity index (χ1) is 7.25. The molecule has 96 valence electrons. The number of sulfonamides is 1. The predicted octanol–water partition coefficient (Wildman–Crippen LogP) is -0.562. The molecule has 0 aliphatic carbocycles. The third-order valence-corrected chi connectivity index (χ3v) is 3.68. The Balaban J connectivity index is 3.95. The lowest BCUT2D eigenvalue weighted by molar-refractivity contribution is 0.520. The van der Waals surface area contributed by atoms with E-state index in [0.717, 1.165) is 0 Å². The molecule has 7 heteroatoms. The van der Waals surface area contributed by atoms with Crippen LogP contribution in [0, 0.1) is 5.92 Å². The Hall–Kier alpha value is -0.820. The van der Waals surface area contributed by atoms with Gasteiger partial charge >= 0.3 is 0 Å². The van der Waals surface area contributed by atoms with Crippen LogP contribution in [0.25, 0.3) is 0 Å². The highest BCUT2D eigenvalue weighted by Gasteiger charge is 2.12. The molecule has 16 heavy (non-hydrogen) atoms. The Kier molecular flexibility index (Phi) is 6.35. The molecular weight excluding hydrogens is 228 g/mol. The smallest absolute Gasteiger partial charge is 0.215 e. The van der Waals surface area contributed by atoms with Crippen molar-refractivity contribution in [2.24, 2.45) is 16.6 Å². The second kappa shape index (κ2) is 6.70. The molecule has 0 heterocycles. The first-order valence-electron chi connectivity index (χ1n) is 5.19. The van der Waals surface area contributed by atoms with Crippen LogP contribution in [0.2, 0.25) is 0 Å². The van der Waals surface area contributed by atoms with Gasteiger partial charge in [-0.2, -0.15) is 0 Å². The lowest BCUT2D eigenvalue weighted by Crippen LogP contribution is -2.37. The van der Waals surface area contributed by atoms with Crippen LogP contribution in [0.1, 0.15) is 13.8 Å². The van der Waals surface area contributed by atoms with Gasteiger partial charge < -0.3 is 11.1 Å². The van der Waals surface area contributed by atoms with E-state index in [0.29, 0.717) is 18.4 Å². The molecular formula is C9H22N4O2S. The highest BCUT2D eigenvalue weighted by Crippen LogP contribution is 1.92. The van der Waals surface area contributed by atoms with Crippen molar-refractivity contribution >= 4 is 16.0 Å². The van der Waals surface area contributed by atoms with Gasteiger partial charge in [0.05, 0.1) is 5.75 Å². The van der Waals surface area contributed by atoms with Crippen molar-refractivity contribution in [3.8, 4) is 0 Å². The molecule has 0 aromatic heterocycles. The number of nitrogens with zero attached hydrogens (tertiary/aromatic N) is 2. The average molecular weight is 250 g/mol. The molecule has 0 aliphatic rings. The molecule has 0 fully saturated rings. The third-order valence-electron chi connectivity index (χ3n) is 1.85. The quantitative estimate of drug-likeness (QED) is 0.488. The Bertz CT molecular complexity index is 322. The number of hydrogen-bond donors (Lipinski definition) is 2. The second-order valence-electron chi connectivity index (χ2n) is 4.14. The molecule has 0 aromatic carbocycles. The minimum atomic E-state index is -3.16. The summed E-state index contributed by atoms with van der Waals surface area (Å²) in [6, 6.07) is 0. The number of guanidine groups is 1. The SMILES string of the molecule is CC(C)CN=C(N)NCCS(=O)(=O)N(C)C. The summed E-state index contributed by atoms with van der Waals surface area (Å²) in [6.07, 6.45) is 0. The summed E-state index contributed by atoms with van der Waals surface area (Å²) in [5.74, 6) is 0.742. The van der Waals surface area contributed by atoms with Gasteiger partial charge in [0.2, 0.25) is 10.0 Å². The monoisotopic (exact) mass is 250 g/mol. The third kappa shape index (κ3) is 6.62. The van der Waals surface area contributed by atoms with Gasteiger partial charge in [0, 0.05) is 27.2 Å². The number of rotatable bonds is 6. The van der Waals surface area contributed by atoms with Crippen LogP contribution in [-0.4, -0.2) is 51.6 Å². The zero-order valence-corrected chi connectivity index (χ0v) is 11.2. The number of nitrogens with two attached hydrogens (primary N) is 1. The maximum Gasteiger partial charge on any atom is 0.215 e. The molecule has 0 aliphatic heterocycles. The molecule has 0 rings (SSSR count). The van der Waals surface area contributed by atoms with Crippen LogP contribution >= 0.6 is 0 Å². The second-order valence-corrected chi connectivity index (χ2v) is 6.45. The van der Waals surface area contributed by atoms with Crippen molar-refractivity contribution in [1.29, 1.82) is 0 Å². The summed E-state index contributed by atoms with van der Waals surface area (Å²) in [4.78, 5) is 4.06. The summed E-state index contributed by atoms with van der Waals surface area (Å²) < 4.78 is 24.0. The van der Waals surface area contributed by atoms with E-state index in [1.165, 1.54) is 18.4 Å². The minimum Gasteiger partial charge on any atom is -0.370 e. The van der Waals surface area contributed by atoms with E-state index in [9.17, 15) is 8.42 Å². The molecule has 0 spiro atoms. The standard InChI is InChI=1S/C9H22N4O2S/c1-8(2)7-12-9(10)11-5-6-16(14,15)13(3)4/h8H,5-7H2,1-4H3,(H3,10,11,12). The summed E-state index contributed by atoms with van der Waals surface area (Å²) in [6.45, 7) is 4.98. The largest absolute Gasteiger partial charge is 0.370 e. The van der Waals surface area contributed by atoms with E-state index < -0.39 is 10.0 Å². The maximum absolute atomic E-state index is 11.4. The molecule has 0 aromatic rings. The average Bonchev–Trinajstić information content (AvgIpc) is 2.14. The molecule has 0 atom stereocenters. The van der Waals surface area contributed by atoms with Crippen LogP contribution < -0.4 is 11.1 Å². The molecule has 0 saturated heterocycles. The summed E-state index contributed by atoms with van der Waals surface area (Å²) in [5.41, 5.74) is 5.56. The van der Waals surface area contributed by atoms with E-state index in [1.807, 2.05) is 13.8 Å². The maximum atomic E-state index is 11.4. The first kappa shape index (κ1) is 15.2. The van der Waals surface area contributed by atoms with Gasteiger partial charge in [0.1, 0.15) is 0 Å². The minimum absolute atomic E-state index is 0.0118. The normalized spacial score (nSPS) is 13.5. The van der Waals surface area contributed by atoms with Gasteiger partial charge in [-0.05, 0) is 5.92 Å². The molecule has 0 unspecified atom stereocenters. The topological polar surface area (TPSA) is 87.8 Å². The van der Waals surface area contributed by atoms with Crippen molar-refractivity contribution in [2.45, 2.75) is 13.8 Å². The van der Waals surface area contributed by atoms with Crippen molar-refractivity contribution in [2.75, 3.05) is 32.9 Å². The molecule has 0 bridgehead atoms. The highest BCUT2D eigenvalue weighted by molar-refractivity contribution is 7.89. The van der Waals surface area contributed by atoms with E-state index >= 15 is 0 Å². The van der Waals surface area contributed by atoms with Crippen LogP contribution in [0.5, 0.6) is 0 Å². The lowest BCUT2D eigenvalue weighted by atomic mass is 10.2. The van der Waals surface area contributed by atoms with Gasteiger partial charge in [-0.1, -0.05) is 13.8 Å². The molecule has 0 saturated carbocycles. The molecule has 3 N–H and O–H groups in total. The first-order valence-corrected chi connectivity index (χ1v) is 6.80. The molecule has 6 nitrogen and oxygen atoms in total. The zero-order valence-electron chi connectivity index (χ0n) is 10.4. The van der Waals surface area contributed by atoms with E-state index in [4.69, 9.17) is 5.73 Å². The Morgan fingerprint density at radius 2 is 2.00 bits per heavy atom. The van der Waals surface area contributed by atoms with E-state index in [1.54, 1.807) is 0 Å². The Labute approximate surface area is 98.0 Å². The van der Waals surface area contributed by atoms with Gasteiger partial charge in [-0.15, -0.1) is 0 Å². The fourth-order valence-electron chi connectivity index (χ4n) is 0.827. The Morgan fingerprint density at radius 3 is 2.44 bits per heavy atom. The Morgan fingerprint density at radius 1 is 1.44 bits per heavy atom. The highest BCUT2D eigenvalue weighted by atomic mass is 32.2. The van der Waals surface area contributed by atoms with Crippen molar-refractivity contribution in [3.63, 3.8) is 0 Å². The van der Waals surface area contributed by atoms with Crippen molar-refractivity contribution < 1.29 is 8.42 Å². The van der Waals surface area contributed by atoms with E-state index in [2.05, 4.69) is 10.3 Å². The van der Waals surface area contributed by atoms with Gasteiger partial charge in [0.15, 0.2) is 5.96 Å². The number of hydrogen-bond acceptors (Lipinski definition) is 3. The summed E-state index contributed by atoms with van der Waals surface area (Å²) in [7, 11) is -0.154. The van der Waals surface area contributed by atoms with Crippen LogP contribution in [0.15, 0.2) is 4.99 Å². The molecule has 0 amide bonds. The van der Waals surface area contributed by atoms with Crippen LogP contribution in [0.3, 0.4) is 0 Å². The van der Waals surface area contributed by atoms with Gasteiger partial charge in [-0.25, -0.2) is 12.7 Å². The fraction of sp³-hybridized carbons (Fsp3) is 0.889. The van der Waals surface area contributed by atoms with E-state index in [-0.39, 0.29) is 12.3 Å². The van der Waals surface area contributed by atoms with Gasteiger partial charge in [0.25, 0.3) is 0 Å². The lowest BCUT2D eigenvalue weighted by Gasteiger charge is -2.11. The van der Waals surface area contributed by atoms with Crippen LogP contribution in [0.4, 0.5) is 0 Å². The van der Waals surface area contributed by atoms with Gasteiger partial charge in [-0.3, -0.25) is 4.99 Å². The number of aliphatic imine (C=N–C) groups is 1. The zero-order chi connectivity index (χ0) is 12.8. The van der Waals surface area contributed by atoms with Crippen molar-refractivity contribution in [1.82, 2.24) is 9.62 Å². The summed E-state index contributed by atoms with van der Waals surface area (Å²) in [5, 5.41) is 2.77. The van der Waals surface area contributed by atoms with Crippen LogP contribution in [-0.2, 0) is 10.0 Å². The van der Waals surface area contributed by atoms with Crippen molar-refractivity contribution in [3.05, 3.63) is 0 Å². The fourth-order valence-corrected chi connectivity index (χ4v) is 1.55.